The summed E-state index contributed by atoms with van der Waals surface area (Å²) in [5, 5.41) is 31.2. The Morgan fingerprint density at radius 1 is 1.00 bits per heavy atom. The molecule has 2 aliphatic heterocycles. The Hall–Kier alpha value is -1.18. The molecule has 40 heavy (non-hydrogen) atoms. The fourth-order valence-electron chi connectivity index (χ4n) is 8.07. The van der Waals surface area contributed by atoms with Crippen LogP contribution in [-0.2, 0) is 31.5 Å². The molecule has 4 bridgehead atoms. The molecular formula is C28H36ClF3O8. The molecule has 8 unspecified atom stereocenters. The van der Waals surface area contributed by atoms with Gasteiger partial charge in [0.05, 0.1) is 6.10 Å². The van der Waals surface area contributed by atoms with E-state index in [9.17, 15) is 28.5 Å². The highest BCUT2D eigenvalue weighted by Crippen LogP contribution is 2.71. The van der Waals surface area contributed by atoms with Crippen LogP contribution in [0, 0.1) is 17.8 Å². The molecule has 1 aromatic rings. The zero-order valence-electron chi connectivity index (χ0n) is 22.4. The van der Waals surface area contributed by atoms with Crippen LogP contribution in [0.2, 0.25) is 0 Å². The summed E-state index contributed by atoms with van der Waals surface area (Å²) in [5.41, 5.74) is -0.157. The van der Waals surface area contributed by atoms with Crippen molar-refractivity contribution in [2.24, 2.45) is 17.8 Å². The number of aryl methyl sites for hydroxylation is 1. The SMILES string of the molecule is CCc1ccc(C2(OCC(F)(F)F)OOC23C2CC4CC3CC(Cl)(C4)C2)cc1OC1OC(CC)C(O)C(O)C1O. The molecule has 6 aliphatic rings. The molecule has 0 aromatic heterocycles. The van der Waals surface area contributed by atoms with Crippen LogP contribution in [0.4, 0.5) is 13.2 Å². The van der Waals surface area contributed by atoms with E-state index in [2.05, 4.69) is 0 Å². The highest BCUT2D eigenvalue weighted by atomic mass is 35.5. The topological polar surface area (TPSA) is 107 Å². The third-order valence-corrected chi connectivity index (χ3v) is 10.2. The maximum absolute atomic E-state index is 13.6. The largest absolute Gasteiger partial charge is 0.462 e. The predicted octanol–water partition coefficient (Wildman–Crippen LogP) is 4.10. The summed E-state index contributed by atoms with van der Waals surface area (Å²) in [6.07, 6.45) is -6.58. The lowest BCUT2D eigenvalue weighted by molar-refractivity contribution is -0.650. The molecule has 2 saturated heterocycles. The van der Waals surface area contributed by atoms with Crippen molar-refractivity contribution >= 4 is 11.6 Å². The van der Waals surface area contributed by atoms with E-state index in [1.54, 1.807) is 25.1 Å². The molecule has 12 heteroatoms. The van der Waals surface area contributed by atoms with E-state index in [1.807, 2.05) is 6.92 Å². The summed E-state index contributed by atoms with van der Waals surface area (Å²) in [6.45, 7) is 2.11. The van der Waals surface area contributed by atoms with E-state index in [1.165, 1.54) is 0 Å². The first-order valence-electron chi connectivity index (χ1n) is 14.1. The maximum atomic E-state index is 13.6. The van der Waals surface area contributed by atoms with Gasteiger partial charge in [-0.05, 0) is 74.3 Å². The van der Waals surface area contributed by atoms with Gasteiger partial charge < -0.3 is 29.5 Å². The number of hydrogen-bond donors (Lipinski definition) is 3. The fraction of sp³-hybridized carbons (Fsp3) is 0.786. The number of hydrogen-bond acceptors (Lipinski definition) is 8. The summed E-state index contributed by atoms with van der Waals surface area (Å²) in [5.74, 6) is -1.54. The molecule has 1 aromatic carbocycles. The third kappa shape index (κ3) is 4.38. The number of aliphatic hydroxyl groups excluding tert-OH is 3. The number of benzene rings is 1. The lowest BCUT2D eigenvalue weighted by Crippen LogP contribution is -2.78. The molecule has 1 spiro atoms. The van der Waals surface area contributed by atoms with Crippen molar-refractivity contribution in [1.29, 1.82) is 0 Å². The predicted molar refractivity (Wildman–Crippen MR) is 134 cm³/mol. The average Bonchev–Trinajstić information content (AvgIpc) is 2.87. The summed E-state index contributed by atoms with van der Waals surface area (Å²) in [7, 11) is 0. The van der Waals surface area contributed by atoms with Gasteiger partial charge in [-0.25, -0.2) is 4.89 Å². The molecule has 8 atom stereocenters. The van der Waals surface area contributed by atoms with E-state index in [-0.39, 0.29) is 17.6 Å². The van der Waals surface area contributed by atoms with Gasteiger partial charge in [-0.3, -0.25) is 0 Å². The highest BCUT2D eigenvalue weighted by Gasteiger charge is 2.78. The van der Waals surface area contributed by atoms with Gasteiger partial charge in [-0.15, -0.1) is 11.6 Å². The highest BCUT2D eigenvalue weighted by molar-refractivity contribution is 6.24. The Bertz CT molecular complexity index is 1100. The monoisotopic (exact) mass is 592 g/mol. The summed E-state index contributed by atoms with van der Waals surface area (Å²) >= 11 is 6.95. The number of alkyl halides is 4. The third-order valence-electron chi connectivity index (χ3n) is 9.72. The number of aliphatic hydroxyl groups is 3. The fourth-order valence-corrected chi connectivity index (χ4v) is 8.66. The van der Waals surface area contributed by atoms with Crippen LogP contribution in [0.25, 0.3) is 0 Å². The van der Waals surface area contributed by atoms with Crippen LogP contribution in [-0.4, -0.2) is 69.3 Å². The second-order valence-corrected chi connectivity index (χ2v) is 13.0. The quantitative estimate of drug-likeness (QED) is 0.321. The van der Waals surface area contributed by atoms with Gasteiger partial charge >= 0.3 is 6.18 Å². The number of ether oxygens (including phenoxy) is 3. The Labute approximate surface area is 235 Å². The van der Waals surface area contributed by atoms with Gasteiger partial charge in [-0.1, -0.05) is 26.0 Å². The smallest absolute Gasteiger partial charge is 0.411 e. The summed E-state index contributed by atoms with van der Waals surface area (Å²) in [4.78, 5) is 11.1. The Balaban J connectivity index is 1.38. The molecule has 2 heterocycles. The lowest BCUT2D eigenvalue weighted by atomic mass is 9.46. The van der Waals surface area contributed by atoms with Crippen LogP contribution in [0.15, 0.2) is 18.2 Å². The van der Waals surface area contributed by atoms with Gasteiger partial charge in [0.15, 0.2) is 5.60 Å². The van der Waals surface area contributed by atoms with E-state index < -0.39 is 59.8 Å². The average molecular weight is 593 g/mol. The first-order chi connectivity index (χ1) is 18.8. The molecule has 4 saturated carbocycles. The maximum Gasteiger partial charge on any atom is 0.411 e. The first kappa shape index (κ1) is 28.9. The summed E-state index contributed by atoms with van der Waals surface area (Å²) < 4.78 is 58.2. The Kier molecular flexibility index (Phi) is 7.19. The minimum Gasteiger partial charge on any atom is -0.462 e. The Morgan fingerprint density at radius 3 is 2.25 bits per heavy atom. The molecule has 8 nitrogen and oxygen atoms in total. The molecular weight excluding hydrogens is 557 g/mol. The minimum absolute atomic E-state index is 0.154. The van der Waals surface area contributed by atoms with Gasteiger partial charge in [0.25, 0.3) is 5.79 Å². The van der Waals surface area contributed by atoms with Gasteiger partial charge in [0, 0.05) is 10.4 Å². The van der Waals surface area contributed by atoms with Crippen LogP contribution in [0.3, 0.4) is 0 Å². The molecule has 7 rings (SSSR count). The van der Waals surface area contributed by atoms with Crippen molar-refractivity contribution in [2.45, 2.75) is 112 Å². The zero-order valence-corrected chi connectivity index (χ0v) is 23.2. The van der Waals surface area contributed by atoms with Crippen molar-refractivity contribution in [1.82, 2.24) is 0 Å². The zero-order chi connectivity index (χ0) is 28.7. The molecule has 0 radical (unpaired) electrons. The van der Waals surface area contributed by atoms with E-state index in [0.29, 0.717) is 42.7 Å². The van der Waals surface area contributed by atoms with Crippen molar-refractivity contribution in [3.05, 3.63) is 29.3 Å². The van der Waals surface area contributed by atoms with E-state index in [0.717, 1.165) is 19.3 Å². The molecule has 0 amide bonds. The summed E-state index contributed by atoms with van der Waals surface area (Å²) in [6, 6.07) is 4.94. The van der Waals surface area contributed by atoms with Crippen molar-refractivity contribution in [3.63, 3.8) is 0 Å². The normalized spacial score (nSPS) is 46.0. The standard InChI is InChI=1S/C28H36ClF3O8/c1-3-15-5-6-16(9-20(15)38-24-23(35)22(34)21(33)19(4-2)37-24)28(36-13-26(30,31)32)27(39-40-28)17-7-14-8-18(27)12-25(29,10-14)11-17/h5-6,9,14,17-19,21-24,33-35H,3-4,7-8,10-13H2,1-2H3. The molecule has 4 aliphatic carbocycles. The van der Waals surface area contributed by atoms with E-state index >= 15 is 0 Å². The van der Waals surface area contributed by atoms with Crippen molar-refractivity contribution in [2.75, 3.05) is 6.61 Å². The molecule has 6 fully saturated rings. The molecule has 3 N–H and O–H groups in total. The van der Waals surface area contributed by atoms with Crippen molar-refractivity contribution in [3.8, 4) is 5.75 Å². The number of halogens is 4. The van der Waals surface area contributed by atoms with Gasteiger partial charge in [0.1, 0.15) is 30.7 Å². The second kappa shape index (κ2) is 9.94. The van der Waals surface area contributed by atoms with Crippen LogP contribution < -0.4 is 4.74 Å². The second-order valence-electron chi connectivity index (χ2n) is 12.2. The molecule has 224 valence electrons. The lowest BCUT2D eigenvalue weighted by Gasteiger charge is -2.70. The van der Waals surface area contributed by atoms with Crippen LogP contribution in [0.1, 0.15) is 63.5 Å². The van der Waals surface area contributed by atoms with Gasteiger partial charge in [-0.2, -0.15) is 18.1 Å². The van der Waals surface area contributed by atoms with Crippen LogP contribution >= 0.6 is 11.6 Å². The number of rotatable bonds is 7. The Morgan fingerprint density at radius 2 is 1.70 bits per heavy atom. The van der Waals surface area contributed by atoms with Crippen LogP contribution in [0.5, 0.6) is 5.75 Å². The minimum atomic E-state index is -4.61. The van der Waals surface area contributed by atoms with Gasteiger partial charge in [0.2, 0.25) is 6.29 Å². The van der Waals surface area contributed by atoms with E-state index in [4.69, 9.17) is 35.6 Å². The van der Waals surface area contributed by atoms with Crippen molar-refractivity contribution < 1.29 is 52.5 Å². The first-order valence-corrected chi connectivity index (χ1v) is 14.5.